The molecule has 0 saturated carbocycles. The van der Waals surface area contributed by atoms with Crippen LogP contribution in [0.3, 0.4) is 0 Å². The first kappa shape index (κ1) is 20.5. The highest BCUT2D eigenvalue weighted by Gasteiger charge is 2.20. The van der Waals surface area contributed by atoms with Crippen LogP contribution in [0.4, 0.5) is 8.78 Å². The number of benzene rings is 3. The summed E-state index contributed by atoms with van der Waals surface area (Å²) in [4.78, 5) is 2.29. The minimum absolute atomic E-state index is 0.265. The molecule has 1 aromatic heterocycles. The highest BCUT2D eigenvalue weighted by Crippen LogP contribution is 2.31. The van der Waals surface area contributed by atoms with Crippen molar-refractivity contribution in [1.82, 2.24) is 14.7 Å². The van der Waals surface area contributed by atoms with Gasteiger partial charge in [-0.1, -0.05) is 42.5 Å². The average Bonchev–Trinajstić information content (AvgIpc) is 3.24. The fourth-order valence-corrected chi connectivity index (χ4v) is 4.11. The van der Waals surface area contributed by atoms with Gasteiger partial charge in [0.1, 0.15) is 11.6 Å². The maximum Gasteiger partial charge on any atom is 0.132 e. The van der Waals surface area contributed by atoms with E-state index < -0.39 is 0 Å². The number of ether oxygens (including phenoxy) is 1. The van der Waals surface area contributed by atoms with Crippen molar-refractivity contribution in [1.29, 1.82) is 0 Å². The summed E-state index contributed by atoms with van der Waals surface area (Å²) in [5, 5.41) is 4.61. The first-order valence-electron chi connectivity index (χ1n) is 10.7. The second kappa shape index (κ2) is 9.02. The van der Waals surface area contributed by atoms with E-state index in [1.54, 1.807) is 28.9 Å². The Morgan fingerprint density at radius 3 is 2.06 bits per heavy atom. The SMILES string of the molecule is Fc1ccccc1-c1ccc(-n2ncc(CN3CCOCC3)c2-c2ccccc2F)cc1. The Bertz CT molecular complexity index is 1210. The van der Waals surface area contributed by atoms with Gasteiger partial charge in [0, 0.05) is 36.3 Å². The summed E-state index contributed by atoms with van der Waals surface area (Å²) in [6, 6.07) is 20.9. The van der Waals surface area contributed by atoms with Crippen LogP contribution in [0.2, 0.25) is 0 Å². The molecule has 1 aliphatic heterocycles. The third-order valence-electron chi connectivity index (χ3n) is 5.77. The maximum absolute atomic E-state index is 14.8. The Kier molecular flexibility index (Phi) is 5.79. The Morgan fingerprint density at radius 1 is 0.781 bits per heavy atom. The number of rotatable bonds is 5. The van der Waals surface area contributed by atoms with Gasteiger partial charge < -0.3 is 4.74 Å². The zero-order valence-electron chi connectivity index (χ0n) is 17.5. The molecule has 2 heterocycles. The summed E-state index contributed by atoms with van der Waals surface area (Å²) < 4.78 is 36.2. The van der Waals surface area contributed by atoms with Gasteiger partial charge >= 0.3 is 0 Å². The highest BCUT2D eigenvalue weighted by molar-refractivity contribution is 5.69. The molecule has 0 aliphatic carbocycles. The highest BCUT2D eigenvalue weighted by atomic mass is 19.1. The molecular formula is C26H23F2N3O. The molecule has 32 heavy (non-hydrogen) atoms. The zero-order chi connectivity index (χ0) is 21.9. The fraction of sp³-hybridized carbons (Fsp3) is 0.192. The molecule has 0 N–H and O–H groups in total. The van der Waals surface area contributed by atoms with E-state index in [2.05, 4.69) is 10.00 Å². The van der Waals surface area contributed by atoms with Crippen LogP contribution >= 0.6 is 0 Å². The Labute approximate surface area is 185 Å². The van der Waals surface area contributed by atoms with Gasteiger partial charge in [-0.2, -0.15) is 5.10 Å². The standard InChI is InChI=1S/C26H23F2N3O/c27-24-7-3-1-5-22(24)19-9-11-21(12-10-19)31-26(23-6-2-4-8-25(23)28)20(17-29-31)18-30-13-15-32-16-14-30/h1-12,17H,13-16,18H2. The van der Waals surface area contributed by atoms with Gasteiger partial charge in [-0.15, -0.1) is 0 Å². The minimum atomic E-state index is -0.291. The number of nitrogens with zero attached hydrogens (tertiary/aromatic N) is 3. The topological polar surface area (TPSA) is 30.3 Å². The molecule has 1 fully saturated rings. The number of hydrogen-bond donors (Lipinski definition) is 0. The van der Waals surface area contributed by atoms with E-state index >= 15 is 0 Å². The van der Waals surface area contributed by atoms with Crippen LogP contribution in [0.5, 0.6) is 0 Å². The summed E-state index contributed by atoms with van der Waals surface area (Å²) in [7, 11) is 0. The van der Waals surface area contributed by atoms with Crippen molar-refractivity contribution in [3.63, 3.8) is 0 Å². The average molecular weight is 431 g/mol. The molecule has 4 aromatic rings. The molecule has 0 unspecified atom stereocenters. The van der Waals surface area contributed by atoms with Crippen molar-refractivity contribution in [3.8, 4) is 28.1 Å². The Morgan fingerprint density at radius 2 is 1.41 bits per heavy atom. The molecule has 1 aliphatic rings. The predicted octanol–water partition coefficient (Wildman–Crippen LogP) is 5.32. The van der Waals surface area contributed by atoms with Crippen molar-refractivity contribution in [2.45, 2.75) is 6.54 Å². The molecule has 3 aromatic carbocycles. The smallest absolute Gasteiger partial charge is 0.132 e. The van der Waals surface area contributed by atoms with Crippen LogP contribution < -0.4 is 0 Å². The lowest BCUT2D eigenvalue weighted by atomic mass is 10.0. The quantitative estimate of drug-likeness (QED) is 0.429. The molecule has 0 bridgehead atoms. The van der Waals surface area contributed by atoms with Crippen LogP contribution in [0.1, 0.15) is 5.56 Å². The van der Waals surface area contributed by atoms with Crippen molar-refractivity contribution in [3.05, 3.63) is 96.2 Å². The summed E-state index contributed by atoms with van der Waals surface area (Å²) in [5.74, 6) is -0.556. The fourth-order valence-electron chi connectivity index (χ4n) is 4.11. The number of halogens is 2. The van der Waals surface area contributed by atoms with Crippen LogP contribution in [0, 0.1) is 11.6 Å². The monoisotopic (exact) mass is 431 g/mol. The summed E-state index contributed by atoms with van der Waals surface area (Å²) in [5.41, 5.74) is 4.30. The van der Waals surface area contributed by atoms with Gasteiger partial charge in [-0.05, 0) is 35.9 Å². The maximum atomic E-state index is 14.8. The first-order valence-corrected chi connectivity index (χ1v) is 10.7. The Balaban J connectivity index is 1.55. The van der Waals surface area contributed by atoms with Crippen molar-refractivity contribution >= 4 is 0 Å². The second-order valence-corrected chi connectivity index (χ2v) is 7.83. The lowest BCUT2D eigenvalue weighted by Crippen LogP contribution is -2.35. The first-order chi connectivity index (χ1) is 15.7. The van der Waals surface area contributed by atoms with Crippen LogP contribution in [-0.2, 0) is 11.3 Å². The predicted molar refractivity (Wildman–Crippen MR) is 120 cm³/mol. The van der Waals surface area contributed by atoms with Gasteiger partial charge in [-0.25, -0.2) is 13.5 Å². The number of hydrogen-bond acceptors (Lipinski definition) is 3. The van der Waals surface area contributed by atoms with E-state index in [-0.39, 0.29) is 11.6 Å². The molecule has 0 amide bonds. The summed E-state index contributed by atoms with van der Waals surface area (Å²) >= 11 is 0. The van der Waals surface area contributed by atoms with E-state index in [0.717, 1.165) is 35.6 Å². The lowest BCUT2D eigenvalue weighted by Gasteiger charge is -2.26. The molecule has 0 spiro atoms. The molecule has 0 radical (unpaired) electrons. The normalized spacial score (nSPS) is 14.6. The van der Waals surface area contributed by atoms with Gasteiger partial charge in [0.05, 0.1) is 30.8 Å². The third kappa shape index (κ3) is 4.07. The Hall–Kier alpha value is -3.35. The third-order valence-corrected chi connectivity index (χ3v) is 5.77. The molecule has 162 valence electrons. The van der Waals surface area contributed by atoms with Crippen LogP contribution in [-0.4, -0.2) is 41.0 Å². The van der Waals surface area contributed by atoms with Crippen molar-refractivity contribution in [2.75, 3.05) is 26.3 Å². The molecule has 5 rings (SSSR count). The summed E-state index contributed by atoms with van der Waals surface area (Å²) in [6.45, 7) is 3.72. The lowest BCUT2D eigenvalue weighted by molar-refractivity contribution is 0.0342. The molecule has 0 atom stereocenters. The van der Waals surface area contributed by atoms with Gasteiger partial charge in [0.2, 0.25) is 0 Å². The van der Waals surface area contributed by atoms with E-state index in [0.29, 0.717) is 30.9 Å². The molecular weight excluding hydrogens is 408 g/mol. The van der Waals surface area contributed by atoms with Crippen molar-refractivity contribution < 1.29 is 13.5 Å². The van der Waals surface area contributed by atoms with Crippen LogP contribution in [0.15, 0.2) is 79.0 Å². The van der Waals surface area contributed by atoms with Gasteiger partial charge in [0.15, 0.2) is 0 Å². The zero-order valence-corrected chi connectivity index (χ0v) is 17.5. The van der Waals surface area contributed by atoms with E-state index in [1.807, 2.05) is 42.6 Å². The van der Waals surface area contributed by atoms with E-state index in [1.165, 1.54) is 12.1 Å². The van der Waals surface area contributed by atoms with E-state index in [4.69, 9.17) is 4.74 Å². The largest absolute Gasteiger partial charge is 0.379 e. The summed E-state index contributed by atoms with van der Waals surface area (Å²) in [6.07, 6.45) is 1.81. The molecule has 4 nitrogen and oxygen atoms in total. The second-order valence-electron chi connectivity index (χ2n) is 7.83. The van der Waals surface area contributed by atoms with E-state index in [9.17, 15) is 8.78 Å². The minimum Gasteiger partial charge on any atom is -0.379 e. The molecule has 1 saturated heterocycles. The van der Waals surface area contributed by atoms with Crippen molar-refractivity contribution in [2.24, 2.45) is 0 Å². The number of morpholine rings is 1. The van der Waals surface area contributed by atoms with Gasteiger partial charge in [0.25, 0.3) is 0 Å². The van der Waals surface area contributed by atoms with Crippen LogP contribution in [0.25, 0.3) is 28.1 Å². The molecule has 6 heteroatoms. The number of aromatic nitrogens is 2. The van der Waals surface area contributed by atoms with Gasteiger partial charge in [-0.3, -0.25) is 4.90 Å².